The van der Waals surface area contributed by atoms with Gasteiger partial charge in [0.05, 0.1) is 12.0 Å². The van der Waals surface area contributed by atoms with Crippen LogP contribution in [0.3, 0.4) is 0 Å². The summed E-state index contributed by atoms with van der Waals surface area (Å²) in [6.45, 7) is 4.14. The minimum atomic E-state index is 0.226. The van der Waals surface area contributed by atoms with Crippen molar-refractivity contribution in [1.29, 1.82) is 5.26 Å². The van der Waals surface area contributed by atoms with Gasteiger partial charge in [0.15, 0.2) is 0 Å². The fourth-order valence-electron chi connectivity index (χ4n) is 2.61. The molecule has 3 nitrogen and oxygen atoms in total. The van der Waals surface area contributed by atoms with Crippen LogP contribution in [0.25, 0.3) is 0 Å². The van der Waals surface area contributed by atoms with Gasteiger partial charge in [-0.1, -0.05) is 6.92 Å². The number of nitrogens with zero attached hydrogens (tertiary/aromatic N) is 2. The van der Waals surface area contributed by atoms with E-state index in [1.165, 1.54) is 12.8 Å². The highest BCUT2D eigenvalue weighted by Gasteiger charge is 2.30. The van der Waals surface area contributed by atoms with E-state index in [4.69, 9.17) is 10.00 Å². The van der Waals surface area contributed by atoms with Gasteiger partial charge in [0, 0.05) is 26.3 Å². The number of ether oxygens (including phenoxy) is 1. The second-order valence-corrected chi connectivity index (χ2v) is 5.05. The summed E-state index contributed by atoms with van der Waals surface area (Å²) in [4.78, 5) is 2.35. The average Bonchev–Trinajstić information content (AvgIpc) is 2.29. The zero-order valence-electron chi connectivity index (χ0n) is 10.8. The Morgan fingerprint density at radius 1 is 1.44 bits per heavy atom. The van der Waals surface area contributed by atoms with Crippen molar-refractivity contribution in [3.05, 3.63) is 0 Å². The Balaban J connectivity index is 2.44. The molecule has 1 saturated carbocycles. The van der Waals surface area contributed by atoms with Gasteiger partial charge in [-0.3, -0.25) is 0 Å². The summed E-state index contributed by atoms with van der Waals surface area (Å²) >= 11 is 0. The van der Waals surface area contributed by atoms with Gasteiger partial charge in [-0.05, 0) is 38.6 Å². The zero-order valence-corrected chi connectivity index (χ0v) is 10.8. The van der Waals surface area contributed by atoms with Crippen LogP contribution in [0.15, 0.2) is 0 Å². The van der Waals surface area contributed by atoms with E-state index in [-0.39, 0.29) is 5.92 Å². The predicted octanol–water partition coefficient (Wildman–Crippen LogP) is 2.28. The van der Waals surface area contributed by atoms with Crippen molar-refractivity contribution in [1.82, 2.24) is 4.90 Å². The van der Waals surface area contributed by atoms with Crippen LogP contribution in [-0.2, 0) is 4.74 Å². The molecule has 0 saturated heterocycles. The fourth-order valence-corrected chi connectivity index (χ4v) is 2.61. The van der Waals surface area contributed by atoms with E-state index in [9.17, 15) is 0 Å². The maximum Gasteiger partial charge on any atom is 0.0672 e. The van der Waals surface area contributed by atoms with Gasteiger partial charge in [0.25, 0.3) is 0 Å². The molecule has 1 rings (SSSR count). The van der Waals surface area contributed by atoms with Crippen LogP contribution < -0.4 is 0 Å². The van der Waals surface area contributed by atoms with E-state index in [1.54, 1.807) is 7.11 Å². The summed E-state index contributed by atoms with van der Waals surface area (Å²) in [7, 11) is 3.88. The Bertz CT molecular complexity index is 237. The molecule has 1 aliphatic carbocycles. The smallest absolute Gasteiger partial charge is 0.0672 e. The van der Waals surface area contributed by atoms with E-state index < -0.39 is 0 Å². The summed E-state index contributed by atoms with van der Waals surface area (Å²) in [5, 5.41) is 9.17. The molecule has 0 amide bonds. The molecule has 1 fully saturated rings. The minimum Gasteiger partial charge on any atom is -0.385 e. The monoisotopic (exact) mass is 224 g/mol. The lowest BCUT2D eigenvalue weighted by molar-refractivity contribution is 0.114. The molecule has 16 heavy (non-hydrogen) atoms. The van der Waals surface area contributed by atoms with Crippen LogP contribution in [0.5, 0.6) is 0 Å². The molecule has 92 valence electrons. The Hall–Kier alpha value is -0.590. The van der Waals surface area contributed by atoms with Gasteiger partial charge in [0.2, 0.25) is 0 Å². The third kappa shape index (κ3) is 3.77. The van der Waals surface area contributed by atoms with Crippen LogP contribution in [0.4, 0.5) is 0 Å². The van der Waals surface area contributed by atoms with E-state index in [1.807, 2.05) is 0 Å². The number of hydrogen-bond acceptors (Lipinski definition) is 3. The maximum atomic E-state index is 9.17. The number of nitriles is 1. The van der Waals surface area contributed by atoms with Crippen molar-refractivity contribution in [3.63, 3.8) is 0 Å². The first-order valence-corrected chi connectivity index (χ1v) is 6.27. The van der Waals surface area contributed by atoms with Crippen LogP contribution in [0, 0.1) is 23.2 Å². The maximum absolute atomic E-state index is 9.17. The number of hydrogen-bond donors (Lipinski definition) is 0. The van der Waals surface area contributed by atoms with E-state index in [2.05, 4.69) is 24.9 Å². The lowest BCUT2D eigenvalue weighted by Gasteiger charge is -2.37. The third-order valence-corrected chi connectivity index (χ3v) is 3.67. The Morgan fingerprint density at radius 2 is 2.19 bits per heavy atom. The quantitative estimate of drug-likeness (QED) is 0.672. The molecule has 0 N–H and O–H groups in total. The molecular formula is C13H24N2O. The second-order valence-electron chi connectivity index (χ2n) is 5.05. The predicted molar refractivity (Wildman–Crippen MR) is 65.0 cm³/mol. The van der Waals surface area contributed by atoms with Crippen molar-refractivity contribution in [2.24, 2.45) is 11.8 Å². The highest BCUT2D eigenvalue weighted by atomic mass is 16.5. The summed E-state index contributed by atoms with van der Waals surface area (Å²) in [5.41, 5.74) is 0. The molecule has 0 heterocycles. The van der Waals surface area contributed by atoms with Crippen LogP contribution in [-0.4, -0.2) is 38.3 Å². The van der Waals surface area contributed by atoms with Crippen molar-refractivity contribution in [3.8, 4) is 6.07 Å². The molecule has 0 aromatic heterocycles. The van der Waals surface area contributed by atoms with Crippen LogP contribution in [0.1, 0.15) is 32.6 Å². The first-order valence-electron chi connectivity index (χ1n) is 6.27. The molecule has 0 spiro atoms. The molecule has 1 aliphatic rings. The van der Waals surface area contributed by atoms with E-state index >= 15 is 0 Å². The minimum absolute atomic E-state index is 0.226. The number of methoxy groups -OCH3 is 1. The van der Waals surface area contributed by atoms with Gasteiger partial charge in [0.1, 0.15) is 0 Å². The average molecular weight is 224 g/mol. The molecular weight excluding hydrogens is 200 g/mol. The zero-order chi connectivity index (χ0) is 12.0. The molecule has 3 atom stereocenters. The fraction of sp³-hybridized carbons (Fsp3) is 0.923. The van der Waals surface area contributed by atoms with Gasteiger partial charge >= 0.3 is 0 Å². The Morgan fingerprint density at radius 3 is 2.81 bits per heavy atom. The molecule has 0 aromatic rings. The normalized spacial score (nSPS) is 30.3. The van der Waals surface area contributed by atoms with Crippen molar-refractivity contribution in [2.45, 2.75) is 38.6 Å². The molecule has 0 bridgehead atoms. The topological polar surface area (TPSA) is 36.3 Å². The SMILES string of the molecule is COCCCN(C)C1CC(C)CCC1C#N. The van der Waals surface area contributed by atoms with Crippen LogP contribution >= 0.6 is 0 Å². The largest absolute Gasteiger partial charge is 0.385 e. The first-order chi connectivity index (χ1) is 7.69. The van der Waals surface area contributed by atoms with E-state index in [0.717, 1.165) is 31.9 Å². The van der Waals surface area contributed by atoms with Crippen molar-refractivity contribution in [2.75, 3.05) is 27.3 Å². The Labute approximate surface area is 99.4 Å². The first kappa shape index (κ1) is 13.5. The number of rotatable bonds is 5. The molecule has 3 heteroatoms. The summed E-state index contributed by atoms with van der Waals surface area (Å²) in [6, 6.07) is 2.92. The lowest BCUT2D eigenvalue weighted by Crippen LogP contribution is -2.42. The van der Waals surface area contributed by atoms with Crippen molar-refractivity contribution < 1.29 is 4.74 Å². The molecule has 0 aliphatic heterocycles. The summed E-state index contributed by atoms with van der Waals surface area (Å²) in [6.07, 6.45) is 4.50. The van der Waals surface area contributed by atoms with Crippen LogP contribution in [0.2, 0.25) is 0 Å². The molecule has 0 radical (unpaired) electrons. The highest BCUT2D eigenvalue weighted by molar-refractivity contribution is 4.96. The lowest BCUT2D eigenvalue weighted by atomic mass is 9.79. The standard InChI is InChI=1S/C13H24N2O/c1-11-5-6-12(10-14)13(9-11)15(2)7-4-8-16-3/h11-13H,4-9H2,1-3H3. The van der Waals surface area contributed by atoms with E-state index in [0.29, 0.717) is 6.04 Å². The Kier molecular flexibility index (Phi) is 5.79. The summed E-state index contributed by atoms with van der Waals surface area (Å²) in [5.74, 6) is 0.989. The van der Waals surface area contributed by atoms with Gasteiger partial charge in [-0.2, -0.15) is 5.26 Å². The van der Waals surface area contributed by atoms with Gasteiger partial charge < -0.3 is 9.64 Å². The molecule has 3 unspecified atom stereocenters. The van der Waals surface area contributed by atoms with Gasteiger partial charge in [-0.25, -0.2) is 0 Å². The van der Waals surface area contributed by atoms with Crippen molar-refractivity contribution >= 4 is 0 Å². The summed E-state index contributed by atoms with van der Waals surface area (Å²) < 4.78 is 5.06. The second kappa shape index (κ2) is 6.88. The van der Waals surface area contributed by atoms with Gasteiger partial charge in [-0.15, -0.1) is 0 Å². The third-order valence-electron chi connectivity index (χ3n) is 3.67. The highest BCUT2D eigenvalue weighted by Crippen LogP contribution is 2.31. The molecule has 0 aromatic carbocycles.